The van der Waals surface area contributed by atoms with Crippen molar-refractivity contribution in [3.63, 3.8) is 0 Å². The van der Waals surface area contributed by atoms with Gasteiger partial charge in [-0.3, -0.25) is 9.79 Å². The van der Waals surface area contributed by atoms with Crippen molar-refractivity contribution in [2.75, 3.05) is 0 Å². The summed E-state index contributed by atoms with van der Waals surface area (Å²) in [4.78, 5) is 19.8. The van der Waals surface area contributed by atoms with Gasteiger partial charge in [0.15, 0.2) is 0 Å². The van der Waals surface area contributed by atoms with Gasteiger partial charge in [-0.25, -0.2) is 0 Å². The van der Waals surface area contributed by atoms with E-state index < -0.39 is 5.41 Å². The highest BCUT2D eigenvalue weighted by atomic mass is 16.5. The Kier molecular flexibility index (Phi) is 3.38. The number of nitrogens with one attached hydrogen (secondary N) is 1. The van der Waals surface area contributed by atoms with E-state index in [-0.39, 0.29) is 18.1 Å². The van der Waals surface area contributed by atoms with E-state index in [0.717, 1.165) is 37.1 Å². The molecular weight excluding hydrogens is 290 g/mol. The van der Waals surface area contributed by atoms with E-state index in [4.69, 9.17) is 9.73 Å². The molecule has 5 nitrogen and oxygen atoms in total. The first-order valence-corrected chi connectivity index (χ1v) is 8.62. The predicted molar refractivity (Wildman–Crippen MR) is 88.8 cm³/mol. The molecule has 2 bridgehead atoms. The van der Waals surface area contributed by atoms with Gasteiger partial charge < -0.3 is 15.0 Å². The number of carbonyl (C=O) groups excluding carboxylic acids is 1. The molecule has 4 atom stereocenters. The Balaban J connectivity index is 1.50. The molecule has 4 aliphatic heterocycles. The zero-order chi connectivity index (χ0) is 16.2. The molecule has 0 aliphatic carbocycles. The van der Waals surface area contributed by atoms with Crippen LogP contribution in [0.5, 0.6) is 0 Å². The molecule has 2 fully saturated rings. The van der Waals surface area contributed by atoms with Crippen molar-refractivity contribution in [3.8, 4) is 0 Å². The number of amides is 1. The van der Waals surface area contributed by atoms with Gasteiger partial charge in [-0.15, -0.1) is 0 Å². The molecule has 4 heterocycles. The molecule has 1 amide bonds. The quantitative estimate of drug-likeness (QED) is 0.851. The van der Waals surface area contributed by atoms with E-state index in [0.29, 0.717) is 12.2 Å². The number of aliphatic imine (C=N–C) groups is 1. The molecule has 4 unspecified atom stereocenters. The van der Waals surface area contributed by atoms with Crippen LogP contribution >= 0.6 is 0 Å². The fourth-order valence-electron chi connectivity index (χ4n) is 4.31. The van der Waals surface area contributed by atoms with Gasteiger partial charge in [0.25, 0.3) is 0 Å². The van der Waals surface area contributed by atoms with Gasteiger partial charge in [0.2, 0.25) is 5.91 Å². The van der Waals surface area contributed by atoms with E-state index in [1.54, 1.807) is 0 Å². The van der Waals surface area contributed by atoms with E-state index in [2.05, 4.69) is 23.2 Å². The second-order valence-electron chi connectivity index (χ2n) is 7.53. The standard InChI is InChI=1S/C18H25N3O2/c1-11-8-12(2)21-7-6-18(3,16(21)19-11)17(22)20-13-9-14-4-5-15(10-13)23-14/h6-8,13-16H,4-5,9-10H2,1-3H3,(H,20,22). The topological polar surface area (TPSA) is 53.9 Å². The van der Waals surface area contributed by atoms with Gasteiger partial charge in [0.1, 0.15) is 11.6 Å². The van der Waals surface area contributed by atoms with Crippen LogP contribution in [-0.2, 0) is 9.53 Å². The van der Waals surface area contributed by atoms with Crippen LogP contribution < -0.4 is 5.32 Å². The van der Waals surface area contributed by atoms with Crippen molar-refractivity contribution in [3.05, 3.63) is 24.0 Å². The van der Waals surface area contributed by atoms with Gasteiger partial charge in [0, 0.05) is 23.7 Å². The molecule has 0 saturated carbocycles. The lowest BCUT2D eigenvalue weighted by molar-refractivity contribution is -0.131. The van der Waals surface area contributed by atoms with Crippen molar-refractivity contribution in [2.24, 2.45) is 10.4 Å². The maximum Gasteiger partial charge on any atom is 0.234 e. The van der Waals surface area contributed by atoms with E-state index in [1.165, 1.54) is 0 Å². The lowest BCUT2D eigenvalue weighted by Crippen LogP contribution is -2.52. The van der Waals surface area contributed by atoms with Crippen LogP contribution in [0.15, 0.2) is 29.0 Å². The van der Waals surface area contributed by atoms with Crippen molar-refractivity contribution < 1.29 is 9.53 Å². The predicted octanol–water partition coefficient (Wildman–Crippen LogP) is 2.35. The molecule has 23 heavy (non-hydrogen) atoms. The summed E-state index contributed by atoms with van der Waals surface area (Å²) in [5.74, 6) is 0.0822. The largest absolute Gasteiger partial charge is 0.375 e. The average molecular weight is 315 g/mol. The molecule has 0 aromatic heterocycles. The lowest BCUT2D eigenvalue weighted by Gasteiger charge is -2.37. The molecule has 5 heteroatoms. The number of hydrogen-bond acceptors (Lipinski definition) is 4. The monoisotopic (exact) mass is 315 g/mol. The van der Waals surface area contributed by atoms with Crippen LogP contribution in [0.3, 0.4) is 0 Å². The fraction of sp³-hybridized carbons (Fsp3) is 0.667. The minimum Gasteiger partial charge on any atom is -0.375 e. The van der Waals surface area contributed by atoms with Gasteiger partial charge in [-0.2, -0.15) is 0 Å². The highest BCUT2D eigenvalue weighted by Gasteiger charge is 2.48. The van der Waals surface area contributed by atoms with Gasteiger partial charge in [-0.1, -0.05) is 0 Å². The Morgan fingerprint density at radius 2 is 2.04 bits per heavy atom. The second kappa shape index (κ2) is 5.20. The summed E-state index contributed by atoms with van der Waals surface area (Å²) in [6.07, 6.45) is 10.7. The molecule has 124 valence electrons. The zero-order valence-corrected chi connectivity index (χ0v) is 14.1. The lowest BCUT2D eigenvalue weighted by atomic mass is 9.86. The first-order chi connectivity index (χ1) is 11.0. The van der Waals surface area contributed by atoms with E-state index in [9.17, 15) is 4.79 Å². The highest BCUT2D eigenvalue weighted by molar-refractivity contribution is 5.95. The molecule has 0 spiro atoms. The summed E-state index contributed by atoms with van der Waals surface area (Å²) >= 11 is 0. The van der Waals surface area contributed by atoms with E-state index >= 15 is 0 Å². The van der Waals surface area contributed by atoms with Crippen molar-refractivity contribution in [1.29, 1.82) is 0 Å². The number of fused-ring (bicyclic) bond motifs is 3. The van der Waals surface area contributed by atoms with E-state index in [1.807, 2.05) is 26.1 Å². The Labute approximate surface area is 137 Å². The van der Waals surface area contributed by atoms with Crippen LogP contribution in [0.1, 0.15) is 46.5 Å². The molecular formula is C18H25N3O2. The molecule has 4 aliphatic rings. The Hall–Kier alpha value is -1.62. The van der Waals surface area contributed by atoms with Gasteiger partial charge in [0.05, 0.1) is 12.2 Å². The van der Waals surface area contributed by atoms with Crippen LogP contribution in [0.2, 0.25) is 0 Å². The summed E-state index contributed by atoms with van der Waals surface area (Å²) in [6, 6.07) is 0.235. The minimum absolute atomic E-state index is 0.0822. The Morgan fingerprint density at radius 1 is 1.35 bits per heavy atom. The summed E-state index contributed by atoms with van der Waals surface area (Å²) in [7, 11) is 0. The van der Waals surface area contributed by atoms with Crippen molar-refractivity contribution in [2.45, 2.75) is 70.9 Å². The molecule has 0 aromatic carbocycles. The molecule has 2 saturated heterocycles. The highest BCUT2D eigenvalue weighted by Crippen LogP contribution is 2.40. The normalized spacial score (nSPS) is 41.4. The first-order valence-electron chi connectivity index (χ1n) is 8.62. The number of hydrogen-bond donors (Lipinski definition) is 1. The van der Waals surface area contributed by atoms with Crippen LogP contribution in [0, 0.1) is 5.41 Å². The van der Waals surface area contributed by atoms with Gasteiger partial charge >= 0.3 is 0 Å². The van der Waals surface area contributed by atoms with Crippen molar-refractivity contribution >= 4 is 11.6 Å². The van der Waals surface area contributed by atoms with Crippen molar-refractivity contribution in [1.82, 2.24) is 10.2 Å². The molecule has 0 aromatic rings. The Bertz CT molecular complexity index is 612. The number of nitrogens with zero attached hydrogens (tertiary/aromatic N) is 2. The van der Waals surface area contributed by atoms with Crippen LogP contribution in [0.4, 0.5) is 0 Å². The number of ether oxygens (including phenoxy) is 1. The van der Waals surface area contributed by atoms with Crippen LogP contribution in [0.25, 0.3) is 0 Å². The maximum atomic E-state index is 13.0. The number of carbonyl (C=O) groups is 1. The second-order valence-corrected chi connectivity index (χ2v) is 7.53. The van der Waals surface area contributed by atoms with Crippen LogP contribution in [-0.4, -0.2) is 40.9 Å². The minimum atomic E-state index is -0.617. The SMILES string of the molecule is CC1=CC(C)=NC2N1C=CC2(C)C(=O)NC1CC2CCC(C1)O2. The fourth-order valence-corrected chi connectivity index (χ4v) is 4.31. The smallest absolute Gasteiger partial charge is 0.234 e. The summed E-state index contributed by atoms with van der Waals surface area (Å²) in [6.45, 7) is 6.05. The zero-order valence-electron chi connectivity index (χ0n) is 14.1. The third-order valence-electron chi connectivity index (χ3n) is 5.65. The third-order valence-corrected chi connectivity index (χ3v) is 5.65. The molecule has 1 N–H and O–H groups in total. The molecule has 4 rings (SSSR count). The summed E-state index contributed by atoms with van der Waals surface area (Å²) in [5, 5.41) is 3.28. The Morgan fingerprint density at radius 3 is 2.74 bits per heavy atom. The average Bonchev–Trinajstić information content (AvgIpc) is 3.01. The summed E-state index contributed by atoms with van der Waals surface area (Å²) < 4.78 is 5.87. The maximum absolute atomic E-state index is 13.0. The number of allylic oxidation sites excluding steroid dienone is 2. The van der Waals surface area contributed by atoms with Gasteiger partial charge in [-0.05, 0) is 58.6 Å². The summed E-state index contributed by atoms with van der Waals surface area (Å²) in [5.41, 5.74) is 1.50. The third kappa shape index (κ3) is 2.42. The first kappa shape index (κ1) is 14.9. The molecule has 0 radical (unpaired) electrons. The number of rotatable bonds is 2.